The van der Waals surface area contributed by atoms with Crippen molar-refractivity contribution in [3.05, 3.63) is 51.3 Å². The molecule has 3 heterocycles. The Morgan fingerprint density at radius 2 is 1.91 bits per heavy atom. The van der Waals surface area contributed by atoms with Gasteiger partial charge in [0.2, 0.25) is 10.0 Å². The maximum Gasteiger partial charge on any atom is 0.290 e. The van der Waals surface area contributed by atoms with Gasteiger partial charge in [-0.15, -0.1) is 0 Å². The summed E-state index contributed by atoms with van der Waals surface area (Å²) < 4.78 is 32.9. The number of carbonyl (C=O) groups excluding carboxylic acids is 2. The number of aliphatic hydroxyl groups excluding tert-OH is 1. The van der Waals surface area contributed by atoms with Gasteiger partial charge in [0.25, 0.3) is 11.1 Å². The SMILES string of the molecule is O=C1NC(=O)/C(=C\c2cc3cncc(-c4cc(Cl)c(S(=O)(=O)NCCO)c(Cl)c4)c3o2)S1. The zero-order valence-corrected chi connectivity index (χ0v) is 19.0. The Labute approximate surface area is 195 Å². The molecule has 2 aromatic heterocycles. The number of benzene rings is 1. The fourth-order valence-electron chi connectivity index (χ4n) is 3.03. The summed E-state index contributed by atoms with van der Waals surface area (Å²) in [5.41, 5.74) is 1.35. The lowest BCUT2D eigenvalue weighted by atomic mass is 10.1. The molecule has 0 bridgehead atoms. The van der Waals surface area contributed by atoms with Crippen LogP contribution in [0.25, 0.3) is 28.2 Å². The number of thioether (sulfide) groups is 1. The van der Waals surface area contributed by atoms with E-state index in [-0.39, 0.29) is 33.0 Å². The molecule has 1 fully saturated rings. The third-order valence-electron chi connectivity index (χ3n) is 4.34. The quantitative estimate of drug-likeness (QED) is 0.426. The van der Waals surface area contributed by atoms with E-state index in [1.54, 1.807) is 12.3 Å². The molecule has 13 heteroatoms. The first-order valence-electron chi connectivity index (χ1n) is 8.92. The largest absolute Gasteiger partial charge is 0.456 e. The van der Waals surface area contributed by atoms with E-state index in [0.717, 1.165) is 11.8 Å². The molecule has 3 aromatic rings. The predicted molar refractivity (Wildman–Crippen MR) is 121 cm³/mol. The highest BCUT2D eigenvalue weighted by atomic mass is 35.5. The summed E-state index contributed by atoms with van der Waals surface area (Å²) >= 11 is 13.2. The van der Waals surface area contributed by atoms with Crippen LogP contribution in [0, 0.1) is 0 Å². The minimum atomic E-state index is -4.03. The number of nitrogens with one attached hydrogen (secondary N) is 2. The number of hydrogen-bond donors (Lipinski definition) is 3. The first kappa shape index (κ1) is 22.8. The molecule has 1 aromatic carbocycles. The Morgan fingerprint density at radius 1 is 1.19 bits per heavy atom. The van der Waals surface area contributed by atoms with Crippen molar-refractivity contribution < 1.29 is 27.5 Å². The van der Waals surface area contributed by atoms with Gasteiger partial charge in [-0.3, -0.25) is 19.9 Å². The number of sulfonamides is 1. The molecule has 1 aliphatic heterocycles. The van der Waals surface area contributed by atoms with Crippen molar-refractivity contribution in [1.82, 2.24) is 15.0 Å². The van der Waals surface area contributed by atoms with Crippen LogP contribution >= 0.6 is 35.0 Å². The second-order valence-electron chi connectivity index (χ2n) is 6.50. The van der Waals surface area contributed by atoms with Gasteiger partial charge in [0.05, 0.1) is 21.6 Å². The van der Waals surface area contributed by atoms with Crippen molar-refractivity contribution in [3.63, 3.8) is 0 Å². The molecule has 0 radical (unpaired) electrons. The first-order chi connectivity index (χ1) is 15.2. The highest BCUT2D eigenvalue weighted by molar-refractivity contribution is 8.18. The van der Waals surface area contributed by atoms with Gasteiger partial charge in [0, 0.05) is 36.0 Å². The van der Waals surface area contributed by atoms with Gasteiger partial charge in [0.15, 0.2) is 0 Å². The van der Waals surface area contributed by atoms with Crippen LogP contribution in [0.15, 0.2) is 44.8 Å². The first-order valence-corrected chi connectivity index (χ1v) is 12.0. The number of aromatic nitrogens is 1. The smallest absolute Gasteiger partial charge is 0.290 e. The van der Waals surface area contributed by atoms with Gasteiger partial charge in [0.1, 0.15) is 16.2 Å². The number of carbonyl (C=O) groups is 2. The van der Waals surface area contributed by atoms with Crippen molar-refractivity contribution in [2.75, 3.05) is 13.2 Å². The van der Waals surface area contributed by atoms with Gasteiger partial charge in [-0.25, -0.2) is 13.1 Å². The highest BCUT2D eigenvalue weighted by Crippen LogP contribution is 2.38. The Morgan fingerprint density at radius 3 is 2.53 bits per heavy atom. The molecule has 0 atom stereocenters. The number of aliphatic hydroxyl groups is 1. The van der Waals surface area contributed by atoms with Gasteiger partial charge in [-0.1, -0.05) is 23.2 Å². The molecule has 0 unspecified atom stereocenters. The van der Waals surface area contributed by atoms with Crippen molar-refractivity contribution in [1.29, 1.82) is 0 Å². The van der Waals surface area contributed by atoms with E-state index in [0.29, 0.717) is 27.9 Å². The third-order valence-corrected chi connectivity index (χ3v) is 7.53. The zero-order valence-electron chi connectivity index (χ0n) is 15.9. The lowest BCUT2D eigenvalue weighted by Crippen LogP contribution is -2.27. The van der Waals surface area contributed by atoms with Crippen LogP contribution in [-0.2, 0) is 14.8 Å². The average molecular weight is 514 g/mol. The molecule has 2 amide bonds. The fraction of sp³-hybridized carbons (Fsp3) is 0.105. The number of amides is 2. The number of furan rings is 1. The summed E-state index contributed by atoms with van der Waals surface area (Å²) in [5.74, 6) is -0.185. The second kappa shape index (κ2) is 8.85. The molecule has 166 valence electrons. The Bertz CT molecular complexity index is 1380. The Hall–Kier alpha value is -2.41. The normalized spacial score (nSPS) is 15.7. The van der Waals surface area contributed by atoms with Crippen LogP contribution in [0.5, 0.6) is 0 Å². The van der Waals surface area contributed by atoms with Crippen LogP contribution in [0.2, 0.25) is 10.0 Å². The molecule has 1 aliphatic rings. The standard InChI is InChI=1S/C19H13Cl2N3O6S2/c20-13-4-9(5-14(21)17(13)32(28,29)23-1-2-25)12-8-22-7-10-3-11(30-16(10)12)6-15-18(26)24-19(27)31-15/h3-8,23,25H,1-2H2,(H,24,26,27)/b15-6+. The molecule has 1 saturated heterocycles. The fourth-order valence-corrected chi connectivity index (χ4v) is 5.93. The summed E-state index contributed by atoms with van der Waals surface area (Å²) in [6, 6.07) is 4.48. The van der Waals surface area contributed by atoms with E-state index in [4.69, 9.17) is 32.7 Å². The maximum absolute atomic E-state index is 12.4. The molecule has 0 saturated carbocycles. The number of rotatable bonds is 6. The number of pyridine rings is 1. The second-order valence-corrected chi connectivity index (χ2v) is 10.0. The van der Waals surface area contributed by atoms with Crippen molar-refractivity contribution in [2.24, 2.45) is 0 Å². The van der Waals surface area contributed by atoms with Crippen molar-refractivity contribution in [3.8, 4) is 11.1 Å². The van der Waals surface area contributed by atoms with E-state index in [1.165, 1.54) is 24.4 Å². The average Bonchev–Trinajstić information content (AvgIpc) is 3.27. The van der Waals surface area contributed by atoms with E-state index in [9.17, 15) is 18.0 Å². The van der Waals surface area contributed by atoms with Gasteiger partial charge in [-0.05, 0) is 35.5 Å². The maximum atomic E-state index is 12.4. The molecular weight excluding hydrogens is 501 g/mol. The van der Waals surface area contributed by atoms with Crippen LogP contribution in [0.1, 0.15) is 5.76 Å². The molecule has 32 heavy (non-hydrogen) atoms. The topological polar surface area (TPSA) is 139 Å². The minimum Gasteiger partial charge on any atom is -0.456 e. The molecular formula is C19H13Cl2N3O6S2. The Kier molecular flexibility index (Phi) is 6.30. The summed E-state index contributed by atoms with van der Waals surface area (Å²) in [6.45, 7) is -0.571. The summed E-state index contributed by atoms with van der Waals surface area (Å²) in [6.07, 6.45) is 4.50. The van der Waals surface area contributed by atoms with E-state index in [1.807, 2.05) is 0 Å². The van der Waals surface area contributed by atoms with Crippen LogP contribution in [0.4, 0.5) is 4.79 Å². The summed E-state index contributed by atoms with van der Waals surface area (Å²) in [5, 5.41) is 10.9. The molecule has 0 aliphatic carbocycles. The number of halogens is 2. The lowest BCUT2D eigenvalue weighted by Gasteiger charge is -2.11. The van der Waals surface area contributed by atoms with Gasteiger partial charge >= 0.3 is 0 Å². The van der Waals surface area contributed by atoms with Crippen LogP contribution in [0.3, 0.4) is 0 Å². The number of nitrogens with zero attached hydrogens (tertiary/aromatic N) is 1. The monoisotopic (exact) mass is 513 g/mol. The Balaban J connectivity index is 1.77. The molecule has 3 N–H and O–H groups in total. The summed E-state index contributed by atoms with van der Waals surface area (Å²) in [4.78, 5) is 27.2. The van der Waals surface area contributed by atoms with Crippen molar-refractivity contribution in [2.45, 2.75) is 4.90 Å². The van der Waals surface area contributed by atoms with E-state index < -0.39 is 21.2 Å². The van der Waals surface area contributed by atoms with Gasteiger partial charge < -0.3 is 9.52 Å². The van der Waals surface area contributed by atoms with E-state index in [2.05, 4.69) is 15.0 Å². The summed E-state index contributed by atoms with van der Waals surface area (Å²) in [7, 11) is -4.03. The highest BCUT2D eigenvalue weighted by Gasteiger charge is 2.26. The molecule has 9 nitrogen and oxygen atoms in total. The minimum absolute atomic E-state index is 0.124. The molecule has 0 spiro atoms. The van der Waals surface area contributed by atoms with Crippen LogP contribution < -0.4 is 10.0 Å². The van der Waals surface area contributed by atoms with Crippen LogP contribution in [-0.4, -0.2) is 42.8 Å². The number of fused-ring (bicyclic) bond motifs is 1. The van der Waals surface area contributed by atoms with E-state index >= 15 is 0 Å². The third kappa shape index (κ3) is 4.40. The van der Waals surface area contributed by atoms with Gasteiger partial charge in [-0.2, -0.15) is 0 Å². The van der Waals surface area contributed by atoms with Crippen molar-refractivity contribution >= 4 is 73.2 Å². The zero-order chi connectivity index (χ0) is 23.0. The predicted octanol–water partition coefficient (Wildman–Crippen LogP) is 3.40. The lowest BCUT2D eigenvalue weighted by molar-refractivity contribution is -0.115. The molecule has 4 rings (SSSR count). The number of imide groups is 1. The number of hydrogen-bond acceptors (Lipinski definition) is 8.